The van der Waals surface area contributed by atoms with Gasteiger partial charge in [-0.3, -0.25) is 24.0 Å². The third-order valence-corrected chi connectivity index (χ3v) is 10.8. The minimum absolute atomic E-state index is 0.346. The first-order valence-corrected chi connectivity index (χ1v) is 16.2. The standard InChI is InChI=1S/C30H42N2O13S/c1-15(33)32(31-39)25-23(42-17(3)35)13-30(28(38)40-6,46-29-10-20-7-21(11-29)9-22(8-20)12-29)45-27(25)26(44-19(5)37)24(43-18(4)36)14-41-16(2)34/h20-27H,7-14H2,1-6H3/t20?,21?,22?,23-,24+,25+,26+,27+,29?,30+/m0/s1. The van der Waals surface area contributed by atoms with E-state index in [2.05, 4.69) is 5.29 Å². The average molecular weight is 671 g/mol. The molecule has 256 valence electrons. The molecule has 5 fully saturated rings. The second kappa shape index (κ2) is 14.2. The van der Waals surface area contributed by atoms with Crippen LogP contribution < -0.4 is 0 Å². The summed E-state index contributed by atoms with van der Waals surface area (Å²) >= 11 is 1.27. The molecular formula is C30H42N2O13S. The lowest BCUT2D eigenvalue weighted by molar-refractivity contribution is -0.235. The van der Waals surface area contributed by atoms with Crippen molar-refractivity contribution < 1.29 is 57.2 Å². The Morgan fingerprint density at radius 2 is 1.41 bits per heavy atom. The van der Waals surface area contributed by atoms with Crippen LogP contribution >= 0.6 is 11.8 Å². The SMILES string of the molecule is COC(=O)[C@]1(SC23CC4CC(CC(C4)C2)C3)C[C@H](OC(C)=O)[C@@H](N(N=O)C(C)=O)[C@H]([C@H](OC(C)=O)[C@@H](COC(C)=O)OC(C)=O)O1. The number of hydrogen-bond acceptors (Lipinski definition) is 15. The third kappa shape index (κ3) is 7.81. The van der Waals surface area contributed by atoms with Crippen LogP contribution in [0.25, 0.3) is 0 Å². The van der Waals surface area contributed by atoms with Crippen LogP contribution in [0, 0.1) is 22.7 Å². The molecular weight excluding hydrogens is 628 g/mol. The zero-order chi connectivity index (χ0) is 34.0. The van der Waals surface area contributed by atoms with Gasteiger partial charge in [-0.1, -0.05) is 0 Å². The summed E-state index contributed by atoms with van der Waals surface area (Å²) in [7, 11) is 1.18. The van der Waals surface area contributed by atoms with E-state index in [1.54, 1.807) is 0 Å². The molecule has 0 aromatic rings. The van der Waals surface area contributed by atoms with Gasteiger partial charge in [0.2, 0.25) is 10.8 Å². The number of carbonyl (C=O) groups is 6. The molecule has 4 aliphatic carbocycles. The van der Waals surface area contributed by atoms with Crippen LogP contribution in [0.15, 0.2) is 5.29 Å². The van der Waals surface area contributed by atoms with E-state index in [9.17, 15) is 33.7 Å². The highest BCUT2D eigenvalue weighted by atomic mass is 32.2. The fourth-order valence-corrected chi connectivity index (χ4v) is 10.4. The highest BCUT2D eigenvalue weighted by Gasteiger charge is 2.64. The smallest absolute Gasteiger partial charge is 0.349 e. The Kier molecular flexibility index (Phi) is 11.0. The highest BCUT2D eigenvalue weighted by molar-refractivity contribution is 8.02. The second-order valence-corrected chi connectivity index (χ2v) is 14.6. The minimum Gasteiger partial charge on any atom is -0.466 e. The van der Waals surface area contributed by atoms with E-state index in [0.29, 0.717) is 22.8 Å². The molecule has 6 atom stereocenters. The maximum atomic E-state index is 13.9. The Hall–Kier alpha value is -3.27. The summed E-state index contributed by atoms with van der Waals surface area (Å²) in [5.41, 5.74) is 0. The number of nitroso groups, excluding NO2 is 1. The third-order valence-electron chi connectivity index (χ3n) is 9.14. The van der Waals surface area contributed by atoms with Crippen LogP contribution in [-0.2, 0) is 57.2 Å². The van der Waals surface area contributed by atoms with Crippen molar-refractivity contribution in [3.63, 3.8) is 0 Å². The number of thioether (sulfide) groups is 1. The van der Waals surface area contributed by atoms with E-state index in [1.807, 2.05) is 0 Å². The maximum Gasteiger partial charge on any atom is 0.349 e. The van der Waals surface area contributed by atoms with Gasteiger partial charge in [0.15, 0.2) is 12.2 Å². The molecule has 0 unspecified atom stereocenters. The first-order chi connectivity index (χ1) is 21.6. The quantitative estimate of drug-likeness (QED) is 0.127. The normalized spacial score (nSPS) is 34.0. The number of methoxy groups -OCH3 is 1. The van der Waals surface area contributed by atoms with Crippen molar-refractivity contribution in [2.45, 2.75) is 120 Å². The lowest BCUT2D eigenvalue weighted by Gasteiger charge is -2.59. The van der Waals surface area contributed by atoms with E-state index in [0.717, 1.165) is 73.1 Å². The molecule has 1 aliphatic heterocycles. The van der Waals surface area contributed by atoms with Crippen LogP contribution in [0.5, 0.6) is 0 Å². The van der Waals surface area contributed by atoms with Gasteiger partial charge in [0.05, 0.1) is 12.4 Å². The summed E-state index contributed by atoms with van der Waals surface area (Å²) in [5, 5.41) is 3.35. The first kappa shape index (κ1) is 35.6. The number of rotatable bonds is 12. The monoisotopic (exact) mass is 670 g/mol. The van der Waals surface area contributed by atoms with E-state index >= 15 is 0 Å². The number of hydrogen-bond donors (Lipinski definition) is 0. The van der Waals surface area contributed by atoms with Gasteiger partial charge in [-0.05, 0) is 56.3 Å². The first-order valence-electron chi connectivity index (χ1n) is 15.4. The lowest BCUT2D eigenvalue weighted by atomic mass is 9.56. The maximum absolute atomic E-state index is 13.9. The Bertz CT molecular complexity index is 1210. The molecule has 15 nitrogen and oxygen atoms in total. The van der Waals surface area contributed by atoms with Crippen LogP contribution in [0.1, 0.15) is 79.6 Å². The van der Waals surface area contributed by atoms with Gasteiger partial charge in [0.1, 0.15) is 24.9 Å². The van der Waals surface area contributed by atoms with Crippen LogP contribution in [0.3, 0.4) is 0 Å². The van der Waals surface area contributed by atoms with Gasteiger partial charge in [-0.2, -0.15) is 5.01 Å². The Balaban J connectivity index is 1.89. The van der Waals surface area contributed by atoms with Gasteiger partial charge in [0.25, 0.3) is 0 Å². The van der Waals surface area contributed by atoms with Crippen LogP contribution in [0.2, 0.25) is 0 Å². The molecule has 0 spiro atoms. The van der Waals surface area contributed by atoms with Crippen LogP contribution in [0.4, 0.5) is 0 Å². The molecule has 1 heterocycles. The Labute approximate surface area is 270 Å². The number of amides is 1. The number of carbonyl (C=O) groups excluding carboxylic acids is 6. The van der Waals surface area contributed by atoms with Gasteiger partial charge in [-0.15, -0.1) is 16.7 Å². The summed E-state index contributed by atoms with van der Waals surface area (Å²) in [6.07, 6.45) is -0.896. The largest absolute Gasteiger partial charge is 0.466 e. The summed E-state index contributed by atoms with van der Waals surface area (Å²) in [4.78, 5) is 86.1. The summed E-state index contributed by atoms with van der Waals surface area (Å²) in [5.74, 6) is -3.58. The predicted molar refractivity (Wildman–Crippen MR) is 158 cm³/mol. The number of esters is 5. The molecule has 16 heteroatoms. The molecule has 0 aromatic heterocycles. The lowest BCUT2D eigenvalue weighted by Crippen LogP contribution is -2.68. The van der Waals surface area contributed by atoms with E-state index in [1.165, 1.54) is 18.9 Å². The van der Waals surface area contributed by atoms with Gasteiger partial charge >= 0.3 is 29.8 Å². The highest BCUT2D eigenvalue weighted by Crippen LogP contribution is 2.64. The van der Waals surface area contributed by atoms with Crippen molar-refractivity contribution in [2.75, 3.05) is 13.7 Å². The van der Waals surface area contributed by atoms with Crippen molar-refractivity contribution in [2.24, 2.45) is 23.0 Å². The summed E-state index contributed by atoms with van der Waals surface area (Å²) in [6.45, 7) is 4.78. The van der Waals surface area contributed by atoms with Crippen molar-refractivity contribution >= 4 is 47.5 Å². The predicted octanol–water partition coefficient (Wildman–Crippen LogP) is 2.60. The molecule has 1 amide bonds. The van der Waals surface area contributed by atoms with E-state index < -0.39 is 82.5 Å². The van der Waals surface area contributed by atoms with Gasteiger partial charge in [-0.25, -0.2) is 4.79 Å². The molecule has 0 N–H and O–H groups in total. The second-order valence-electron chi connectivity index (χ2n) is 12.8. The fraction of sp³-hybridized carbons (Fsp3) is 0.800. The molecule has 4 bridgehead atoms. The molecule has 46 heavy (non-hydrogen) atoms. The van der Waals surface area contributed by atoms with Crippen molar-refractivity contribution in [1.29, 1.82) is 0 Å². The zero-order valence-corrected chi connectivity index (χ0v) is 27.7. The zero-order valence-electron chi connectivity index (χ0n) is 26.9. The number of ether oxygens (including phenoxy) is 6. The number of nitrogens with zero attached hydrogens (tertiary/aromatic N) is 2. The van der Waals surface area contributed by atoms with Gasteiger partial charge < -0.3 is 28.4 Å². The molecule has 0 radical (unpaired) electrons. The Morgan fingerprint density at radius 3 is 1.85 bits per heavy atom. The molecule has 0 aromatic carbocycles. The van der Waals surface area contributed by atoms with Gasteiger partial charge in [0, 0.05) is 45.8 Å². The molecule has 5 rings (SSSR count). The fourth-order valence-electron chi connectivity index (χ4n) is 8.19. The van der Waals surface area contributed by atoms with E-state index in [-0.39, 0.29) is 6.42 Å². The molecule has 4 saturated carbocycles. The van der Waals surface area contributed by atoms with E-state index in [4.69, 9.17) is 28.4 Å². The average Bonchev–Trinajstić information content (AvgIpc) is 2.93. The van der Waals surface area contributed by atoms with Crippen molar-refractivity contribution in [1.82, 2.24) is 5.01 Å². The summed E-state index contributed by atoms with van der Waals surface area (Å²) in [6, 6.07) is -1.58. The van der Waals surface area contributed by atoms with Crippen molar-refractivity contribution in [3.8, 4) is 0 Å². The Morgan fingerprint density at radius 1 is 0.848 bits per heavy atom. The molecule has 5 aliphatic rings. The minimum atomic E-state index is -1.90. The topological polar surface area (TPSA) is 190 Å². The molecule has 1 saturated heterocycles. The van der Waals surface area contributed by atoms with Crippen LogP contribution in [-0.4, -0.2) is 94.6 Å². The summed E-state index contributed by atoms with van der Waals surface area (Å²) < 4.78 is 33.4. The van der Waals surface area contributed by atoms with Crippen molar-refractivity contribution in [3.05, 3.63) is 4.91 Å².